The van der Waals surface area contributed by atoms with E-state index in [0.717, 1.165) is 16.4 Å². The molecule has 0 aliphatic carbocycles. The third-order valence-electron chi connectivity index (χ3n) is 2.87. The first-order valence-corrected chi connectivity index (χ1v) is 9.33. The van der Waals surface area contributed by atoms with Crippen molar-refractivity contribution in [2.45, 2.75) is 19.4 Å². The molecule has 108 valence electrons. The van der Waals surface area contributed by atoms with E-state index in [0.29, 0.717) is 6.42 Å². The van der Waals surface area contributed by atoms with E-state index in [9.17, 15) is 8.42 Å². The average Bonchev–Trinajstić information content (AvgIpc) is 2.85. The smallest absolute Gasteiger partial charge is 0.183 e. The van der Waals surface area contributed by atoms with Gasteiger partial charge in [0.05, 0.1) is 11.4 Å². The van der Waals surface area contributed by atoms with Crippen molar-refractivity contribution in [1.29, 1.82) is 0 Å². The summed E-state index contributed by atoms with van der Waals surface area (Å²) in [4.78, 5) is 4.52. The minimum Gasteiger partial charge on any atom is -0.359 e. The normalized spacial score (nSPS) is 13.1. The van der Waals surface area contributed by atoms with E-state index in [-0.39, 0.29) is 11.8 Å². The number of benzene rings is 1. The van der Waals surface area contributed by atoms with E-state index in [4.69, 9.17) is 0 Å². The summed E-state index contributed by atoms with van der Waals surface area (Å²) in [5.74, 6) is 0.193. The van der Waals surface area contributed by atoms with Gasteiger partial charge >= 0.3 is 0 Å². The minimum absolute atomic E-state index is 0.0829. The number of nitrogens with one attached hydrogen (secondary N) is 1. The second-order valence-corrected chi connectivity index (χ2v) is 7.99. The van der Waals surface area contributed by atoms with Gasteiger partial charge in [-0.15, -0.1) is 11.3 Å². The Balaban J connectivity index is 1.96. The monoisotopic (exact) mass is 310 g/mol. The van der Waals surface area contributed by atoms with E-state index >= 15 is 0 Å². The third kappa shape index (κ3) is 4.61. The summed E-state index contributed by atoms with van der Waals surface area (Å²) >= 11 is 1.53. The maximum atomic E-state index is 11.1. The third-order valence-corrected chi connectivity index (χ3v) is 4.62. The van der Waals surface area contributed by atoms with Gasteiger partial charge in [0.25, 0.3) is 0 Å². The molecule has 0 fully saturated rings. The first kappa shape index (κ1) is 15.0. The van der Waals surface area contributed by atoms with E-state index in [1.807, 2.05) is 42.6 Å². The number of sulfone groups is 1. The SMILES string of the molecule is CC(CCS(C)(=O)=O)Nc1nc(-c2ccccc2)cs1. The lowest BCUT2D eigenvalue weighted by molar-refractivity contribution is 0.595. The number of hydrogen-bond acceptors (Lipinski definition) is 5. The fourth-order valence-corrected chi connectivity index (χ4v) is 3.37. The Morgan fingerprint density at radius 2 is 2.00 bits per heavy atom. The highest BCUT2D eigenvalue weighted by Crippen LogP contribution is 2.25. The van der Waals surface area contributed by atoms with Gasteiger partial charge in [-0.25, -0.2) is 13.4 Å². The van der Waals surface area contributed by atoms with E-state index < -0.39 is 9.84 Å². The van der Waals surface area contributed by atoms with Crippen LogP contribution in [0.3, 0.4) is 0 Å². The Morgan fingerprint density at radius 3 is 2.65 bits per heavy atom. The number of rotatable bonds is 6. The van der Waals surface area contributed by atoms with Crippen LogP contribution in [0.5, 0.6) is 0 Å². The fraction of sp³-hybridized carbons (Fsp3) is 0.357. The summed E-state index contributed by atoms with van der Waals surface area (Å²) in [5, 5.41) is 6.07. The van der Waals surface area contributed by atoms with Crippen LogP contribution in [0.4, 0.5) is 5.13 Å². The van der Waals surface area contributed by atoms with Crippen molar-refractivity contribution in [3.05, 3.63) is 35.7 Å². The molecule has 1 atom stereocenters. The molecular formula is C14H18N2O2S2. The Hall–Kier alpha value is -1.40. The molecule has 0 amide bonds. The van der Waals surface area contributed by atoms with Gasteiger partial charge in [-0.2, -0.15) is 0 Å². The highest BCUT2D eigenvalue weighted by atomic mass is 32.2. The van der Waals surface area contributed by atoms with Crippen LogP contribution >= 0.6 is 11.3 Å². The van der Waals surface area contributed by atoms with Gasteiger partial charge < -0.3 is 5.32 Å². The van der Waals surface area contributed by atoms with Crippen molar-refractivity contribution in [3.8, 4) is 11.3 Å². The Morgan fingerprint density at radius 1 is 1.30 bits per heavy atom. The molecular weight excluding hydrogens is 292 g/mol. The Kier molecular flexibility index (Phi) is 4.77. The first-order valence-electron chi connectivity index (χ1n) is 6.39. The van der Waals surface area contributed by atoms with Crippen LogP contribution < -0.4 is 5.32 Å². The van der Waals surface area contributed by atoms with Crippen molar-refractivity contribution in [2.75, 3.05) is 17.3 Å². The minimum atomic E-state index is -2.91. The molecule has 1 N–H and O–H groups in total. The molecule has 0 aliphatic rings. The van der Waals surface area contributed by atoms with E-state index in [1.54, 1.807) is 0 Å². The van der Waals surface area contributed by atoms with Gasteiger partial charge in [-0.3, -0.25) is 0 Å². The van der Waals surface area contributed by atoms with E-state index in [1.165, 1.54) is 17.6 Å². The number of aromatic nitrogens is 1. The molecule has 2 aromatic rings. The lowest BCUT2D eigenvalue weighted by Gasteiger charge is -2.11. The van der Waals surface area contributed by atoms with Gasteiger partial charge in [-0.1, -0.05) is 30.3 Å². The molecule has 0 radical (unpaired) electrons. The zero-order chi connectivity index (χ0) is 14.6. The maximum Gasteiger partial charge on any atom is 0.183 e. The summed E-state index contributed by atoms with van der Waals surface area (Å²) in [6.07, 6.45) is 1.84. The molecule has 2 rings (SSSR count). The molecule has 1 aromatic carbocycles. The van der Waals surface area contributed by atoms with E-state index in [2.05, 4.69) is 10.3 Å². The zero-order valence-corrected chi connectivity index (χ0v) is 13.2. The maximum absolute atomic E-state index is 11.1. The molecule has 20 heavy (non-hydrogen) atoms. The van der Waals surface area contributed by atoms with Gasteiger partial charge in [-0.05, 0) is 13.3 Å². The van der Waals surface area contributed by atoms with Crippen LogP contribution in [0.15, 0.2) is 35.7 Å². The van der Waals surface area contributed by atoms with Gasteiger partial charge in [0.2, 0.25) is 0 Å². The van der Waals surface area contributed by atoms with Crippen molar-refractivity contribution in [2.24, 2.45) is 0 Å². The largest absolute Gasteiger partial charge is 0.359 e. The number of thiazole rings is 1. The Labute approximate surface area is 123 Å². The predicted molar refractivity (Wildman–Crippen MR) is 85.0 cm³/mol. The molecule has 0 aliphatic heterocycles. The molecule has 0 bridgehead atoms. The molecule has 1 heterocycles. The van der Waals surface area contributed by atoms with Crippen LogP contribution in [0.2, 0.25) is 0 Å². The quantitative estimate of drug-likeness (QED) is 0.891. The summed E-state index contributed by atoms with van der Waals surface area (Å²) in [6, 6.07) is 10.1. The molecule has 4 nitrogen and oxygen atoms in total. The Bertz CT molecular complexity index is 651. The number of hydrogen-bond donors (Lipinski definition) is 1. The zero-order valence-electron chi connectivity index (χ0n) is 11.5. The highest BCUT2D eigenvalue weighted by molar-refractivity contribution is 7.90. The summed E-state index contributed by atoms with van der Waals surface area (Å²) < 4.78 is 22.3. The number of anilines is 1. The lowest BCUT2D eigenvalue weighted by Crippen LogP contribution is -2.19. The van der Waals surface area contributed by atoms with Crippen LogP contribution in [0.1, 0.15) is 13.3 Å². The molecule has 6 heteroatoms. The molecule has 0 saturated carbocycles. The van der Waals surface area contributed by atoms with Crippen molar-refractivity contribution < 1.29 is 8.42 Å². The van der Waals surface area contributed by atoms with Crippen LogP contribution in [-0.2, 0) is 9.84 Å². The summed E-state index contributed by atoms with van der Waals surface area (Å²) in [5.41, 5.74) is 2.02. The second kappa shape index (κ2) is 6.37. The second-order valence-electron chi connectivity index (χ2n) is 4.87. The number of nitrogens with zero attached hydrogens (tertiary/aromatic N) is 1. The molecule has 1 unspecified atom stereocenters. The van der Waals surface area contributed by atoms with Crippen molar-refractivity contribution in [1.82, 2.24) is 4.98 Å². The molecule has 1 aromatic heterocycles. The van der Waals surface area contributed by atoms with Crippen LogP contribution in [0.25, 0.3) is 11.3 Å². The van der Waals surface area contributed by atoms with Gasteiger partial charge in [0, 0.05) is 23.2 Å². The molecule has 0 saturated heterocycles. The topological polar surface area (TPSA) is 59.1 Å². The summed E-state index contributed by atoms with van der Waals surface area (Å²) in [6.45, 7) is 1.97. The van der Waals surface area contributed by atoms with Crippen LogP contribution in [-0.4, -0.2) is 31.5 Å². The lowest BCUT2D eigenvalue weighted by atomic mass is 10.2. The van der Waals surface area contributed by atoms with Gasteiger partial charge in [0.15, 0.2) is 5.13 Å². The summed E-state index contributed by atoms with van der Waals surface area (Å²) in [7, 11) is -2.91. The highest BCUT2D eigenvalue weighted by Gasteiger charge is 2.10. The fourth-order valence-electron chi connectivity index (χ4n) is 1.76. The standard InChI is InChI=1S/C14H18N2O2S2/c1-11(8-9-20(2,17)18)15-14-16-13(10-19-14)12-6-4-3-5-7-12/h3-7,10-11H,8-9H2,1-2H3,(H,15,16). The van der Waals surface area contributed by atoms with Crippen molar-refractivity contribution >= 4 is 26.3 Å². The average molecular weight is 310 g/mol. The molecule has 0 spiro atoms. The first-order chi connectivity index (χ1) is 9.44. The van der Waals surface area contributed by atoms with Crippen LogP contribution in [0, 0.1) is 0 Å². The van der Waals surface area contributed by atoms with Gasteiger partial charge in [0.1, 0.15) is 9.84 Å². The van der Waals surface area contributed by atoms with Crippen molar-refractivity contribution in [3.63, 3.8) is 0 Å². The predicted octanol–water partition coefficient (Wildman–Crippen LogP) is 3.05.